The number of nitrogens with zero attached hydrogens (tertiary/aromatic N) is 3. The van der Waals surface area contributed by atoms with Crippen LogP contribution in [0.2, 0.25) is 5.15 Å². The number of likely N-dealkylation sites (tertiary alicyclic amines) is 1. The highest BCUT2D eigenvalue weighted by molar-refractivity contribution is 6.45. The van der Waals surface area contributed by atoms with Crippen LogP contribution in [0.15, 0.2) is 24.4 Å². The number of benzene rings is 1. The van der Waals surface area contributed by atoms with Gasteiger partial charge in [0.05, 0.1) is 30.7 Å². The molecule has 2 aliphatic heterocycles. The lowest BCUT2D eigenvalue weighted by molar-refractivity contribution is -0.114. The summed E-state index contributed by atoms with van der Waals surface area (Å²) in [7, 11) is 1.51. The fourth-order valence-corrected chi connectivity index (χ4v) is 4.88. The number of carbonyl (C=O) groups excluding carboxylic acids is 2. The van der Waals surface area contributed by atoms with E-state index in [2.05, 4.69) is 27.4 Å². The van der Waals surface area contributed by atoms with Gasteiger partial charge in [0.1, 0.15) is 34.6 Å². The first kappa shape index (κ1) is 30.4. The Bertz CT molecular complexity index is 1290. The van der Waals surface area contributed by atoms with Crippen molar-refractivity contribution < 1.29 is 23.8 Å². The second-order valence-electron chi connectivity index (χ2n) is 11.3. The van der Waals surface area contributed by atoms with Gasteiger partial charge < -0.3 is 29.7 Å². The molecule has 11 nitrogen and oxygen atoms in total. The van der Waals surface area contributed by atoms with Crippen LogP contribution in [-0.2, 0) is 9.53 Å². The Balaban J connectivity index is 1.51. The summed E-state index contributed by atoms with van der Waals surface area (Å²) in [5.74, 6) is 1.10. The van der Waals surface area contributed by atoms with Crippen molar-refractivity contribution in [2.75, 3.05) is 56.7 Å². The normalized spacial score (nSPS) is 15.9. The standard InChI is InChI=1S/C29H39ClN6O5/c1-18-6-9-35(10-7-18)11-8-32-27(37)26(31)19-17-33-25(30)15-20(19)34-21-14-24-22(16-23(21)39-5)36(12-13-40-24)28(38)41-29(2,3)4/h14-18,31H,6-13H2,1-5H3,(H,32,37)(H,33,34). The van der Waals surface area contributed by atoms with Crippen LogP contribution in [0.3, 0.4) is 0 Å². The van der Waals surface area contributed by atoms with Crippen LogP contribution in [0.5, 0.6) is 11.5 Å². The highest BCUT2D eigenvalue weighted by atomic mass is 35.5. The zero-order chi connectivity index (χ0) is 29.7. The van der Waals surface area contributed by atoms with E-state index in [1.807, 2.05) is 20.8 Å². The van der Waals surface area contributed by atoms with Crippen LogP contribution in [-0.4, -0.2) is 79.6 Å². The molecule has 4 rings (SSSR count). The van der Waals surface area contributed by atoms with Crippen molar-refractivity contribution in [3.8, 4) is 11.5 Å². The Morgan fingerprint density at radius 2 is 1.90 bits per heavy atom. The van der Waals surface area contributed by atoms with Gasteiger partial charge in [-0.15, -0.1) is 0 Å². The summed E-state index contributed by atoms with van der Waals surface area (Å²) >= 11 is 6.20. The van der Waals surface area contributed by atoms with Crippen LogP contribution in [0.1, 0.15) is 46.1 Å². The molecule has 1 aromatic carbocycles. The minimum Gasteiger partial charge on any atom is -0.494 e. The van der Waals surface area contributed by atoms with Crippen LogP contribution in [0.25, 0.3) is 0 Å². The number of nitrogens with one attached hydrogen (secondary N) is 3. The lowest BCUT2D eigenvalue weighted by Crippen LogP contribution is -2.41. The summed E-state index contributed by atoms with van der Waals surface area (Å²) in [5, 5.41) is 14.9. The summed E-state index contributed by atoms with van der Waals surface area (Å²) in [6.07, 6.45) is 3.23. The molecule has 1 fully saturated rings. The number of methoxy groups -OCH3 is 1. The quantitative estimate of drug-likeness (QED) is 0.296. The second kappa shape index (κ2) is 12.9. The molecule has 0 bridgehead atoms. The molecule has 0 spiro atoms. The van der Waals surface area contributed by atoms with E-state index < -0.39 is 17.6 Å². The summed E-state index contributed by atoms with van der Waals surface area (Å²) in [6, 6.07) is 4.93. The number of amides is 2. The first-order valence-corrected chi connectivity index (χ1v) is 14.2. The molecule has 0 saturated carbocycles. The van der Waals surface area contributed by atoms with Crippen LogP contribution in [0, 0.1) is 11.3 Å². The van der Waals surface area contributed by atoms with Crippen molar-refractivity contribution >= 4 is 46.4 Å². The number of carbonyl (C=O) groups is 2. The maximum absolute atomic E-state index is 12.9. The molecule has 0 unspecified atom stereocenters. The van der Waals surface area contributed by atoms with Gasteiger partial charge >= 0.3 is 6.09 Å². The molecule has 0 atom stereocenters. The van der Waals surface area contributed by atoms with Crippen molar-refractivity contribution in [3.63, 3.8) is 0 Å². The van der Waals surface area contributed by atoms with Crippen molar-refractivity contribution in [3.05, 3.63) is 35.1 Å². The van der Waals surface area contributed by atoms with E-state index in [-0.39, 0.29) is 23.0 Å². The molecule has 41 heavy (non-hydrogen) atoms. The SMILES string of the molecule is COc1cc2c(cc1Nc1cc(Cl)ncc1C(=N)C(=O)NCCN1CCC(C)CC1)OCCN2C(=O)OC(C)(C)C. The predicted octanol–water partition coefficient (Wildman–Crippen LogP) is 4.84. The van der Waals surface area contributed by atoms with Gasteiger partial charge in [0.25, 0.3) is 5.91 Å². The van der Waals surface area contributed by atoms with Crippen LogP contribution >= 0.6 is 11.6 Å². The number of rotatable bonds is 8. The summed E-state index contributed by atoms with van der Waals surface area (Å²) in [5.41, 5.74) is 0.780. The number of fused-ring (bicyclic) bond motifs is 1. The van der Waals surface area contributed by atoms with Crippen molar-refractivity contribution in [1.29, 1.82) is 5.41 Å². The van der Waals surface area contributed by atoms with Crippen molar-refractivity contribution in [2.24, 2.45) is 5.92 Å². The maximum Gasteiger partial charge on any atom is 0.415 e. The minimum atomic E-state index is -0.652. The van der Waals surface area contributed by atoms with Gasteiger partial charge in [0.15, 0.2) is 0 Å². The fraction of sp³-hybridized carbons (Fsp3) is 0.517. The molecule has 0 radical (unpaired) electrons. The number of hydrogen-bond acceptors (Lipinski definition) is 9. The van der Waals surface area contributed by atoms with E-state index in [9.17, 15) is 9.59 Å². The number of piperidine rings is 1. The van der Waals surface area contributed by atoms with E-state index >= 15 is 0 Å². The Kier molecular flexibility index (Phi) is 9.60. The summed E-state index contributed by atoms with van der Waals surface area (Å²) < 4.78 is 17.0. The number of halogens is 1. The van der Waals surface area contributed by atoms with E-state index in [0.29, 0.717) is 41.7 Å². The van der Waals surface area contributed by atoms with Gasteiger partial charge in [-0.2, -0.15) is 0 Å². The highest BCUT2D eigenvalue weighted by Gasteiger charge is 2.30. The van der Waals surface area contributed by atoms with Crippen molar-refractivity contribution in [1.82, 2.24) is 15.2 Å². The largest absolute Gasteiger partial charge is 0.494 e. The highest BCUT2D eigenvalue weighted by Crippen LogP contribution is 2.42. The number of hydrogen-bond donors (Lipinski definition) is 3. The molecular weight excluding hydrogens is 548 g/mol. The lowest BCUT2D eigenvalue weighted by atomic mass is 9.99. The first-order valence-electron chi connectivity index (χ1n) is 13.8. The van der Waals surface area contributed by atoms with Crippen LogP contribution < -0.4 is 25.0 Å². The molecule has 1 saturated heterocycles. The predicted molar refractivity (Wildman–Crippen MR) is 159 cm³/mol. The zero-order valence-electron chi connectivity index (χ0n) is 24.3. The van der Waals surface area contributed by atoms with Gasteiger partial charge in [-0.05, 0) is 58.7 Å². The summed E-state index contributed by atoms with van der Waals surface area (Å²) in [6.45, 7) is 11.5. The molecule has 2 aliphatic rings. The smallest absolute Gasteiger partial charge is 0.415 e. The monoisotopic (exact) mass is 586 g/mol. The fourth-order valence-electron chi connectivity index (χ4n) is 4.72. The molecule has 1 aromatic heterocycles. The number of pyridine rings is 1. The third-order valence-corrected chi connectivity index (χ3v) is 7.19. The molecule has 0 aliphatic carbocycles. The third-order valence-electron chi connectivity index (χ3n) is 6.98. The van der Waals surface area contributed by atoms with Crippen LogP contribution in [0.4, 0.5) is 21.9 Å². The first-order chi connectivity index (χ1) is 19.4. The Labute approximate surface area is 246 Å². The van der Waals surface area contributed by atoms with Gasteiger partial charge in [0.2, 0.25) is 0 Å². The van der Waals surface area contributed by atoms with E-state index in [1.165, 1.54) is 18.2 Å². The minimum absolute atomic E-state index is 0.188. The average Bonchev–Trinajstić information content (AvgIpc) is 2.92. The Morgan fingerprint density at radius 3 is 2.59 bits per heavy atom. The van der Waals surface area contributed by atoms with E-state index in [1.54, 1.807) is 18.2 Å². The van der Waals surface area contributed by atoms with Gasteiger partial charge in [-0.1, -0.05) is 18.5 Å². The maximum atomic E-state index is 12.9. The number of ether oxygens (including phenoxy) is 3. The molecule has 3 heterocycles. The molecular formula is C29H39ClN6O5. The van der Waals surface area contributed by atoms with Gasteiger partial charge in [-0.3, -0.25) is 15.1 Å². The number of anilines is 3. The van der Waals surface area contributed by atoms with E-state index in [4.69, 9.17) is 31.2 Å². The van der Waals surface area contributed by atoms with Gasteiger partial charge in [-0.25, -0.2) is 9.78 Å². The summed E-state index contributed by atoms with van der Waals surface area (Å²) in [4.78, 5) is 33.7. The average molecular weight is 587 g/mol. The zero-order valence-corrected chi connectivity index (χ0v) is 25.1. The van der Waals surface area contributed by atoms with Crippen molar-refractivity contribution in [2.45, 2.75) is 46.1 Å². The molecule has 2 amide bonds. The molecule has 2 aromatic rings. The molecule has 12 heteroatoms. The third kappa shape index (κ3) is 7.80. The molecule has 3 N–H and O–H groups in total. The second-order valence-corrected chi connectivity index (χ2v) is 11.7. The van der Waals surface area contributed by atoms with Gasteiger partial charge in [0, 0.05) is 37.0 Å². The topological polar surface area (TPSA) is 129 Å². The Morgan fingerprint density at radius 1 is 1.17 bits per heavy atom. The lowest BCUT2D eigenvalue weighted by Gasteiger charge is -2.32. The Hall–Kier alpha value is -3.57. The molecule has 222 valence electrons. The number of aromatic nitrogens is 1. The van der Waals surface area contributed by atoms with E-state index in [0.717, 1.165) is 38.4 Å².